The fourth-order valence-corrected chi connectivity index (χ4v) is 7.38. The van der Waals surface area contributed by atoms with Gasteiger partial charge in [0.25, 0.3) is 0 Å². The van der Waals surface area contributed by atoms with E-state index in [9.17, 15) is 22.7 Å². The van der Waals surface area contributed by atoms with Crippen LogP contribution in [-0.4, -0.2) is 61.4 Å². The van der Waals surface area contributed by atoms with E-state index in [4.69, 9.17) is 0 Å². The lowest BCUT2D eigenvalue weighted by atomic mass is 9.96. The molecule has 0 saturated carbocycles. The Kier molecular flexibility index (Phi) is 8.26. The number of para-hydroxylation sites is 1. The molecule has 1 atom stereocenters. The van der Waals surface area contributed by atoms with E-state index in [0.29, 0.717) is 29.9 Å². The zero-order valence-electron chi connectivity index (χ0n) is 23.0. The lowest BCUT2D eigenvalue weighted by Crippen LogP contribution is -2.40. The second kappa shape index (κ2) is 11.7. The molecule has 2 heterocycles. The molecule has 1 saturated heterocycles. The fourth-order valence-electron chi connectivity index (χ4n) is 5.81. The Balaban J connectivity index is 1.75. The summed E-state index contributed by atoms with van der Waals surface area (Å²) in [6, 6.07) is 17.2. The molecule has 212 valence electrons. The van der Waals surface area contributed by atoms with Crippen molar-refractivity contribution < 1.29 is 22.7 Å². The van der Waals surface area contributed by atoms with Crippen molar-refractivity contribution in [1.29, 1.82) is 0 Å². The zero-order chi connectivity index (χ0) is 28.4. The van der Waals surface area contributed by atoms with Gasteiger partial charge in [0.05, 0.1) is 11.3 Å². The van der Waals surface area contributed by atoms with Crippen LogP contribution in [0.1, 0.15) is 54.9 Å². The first-order chi connectivity index (χ1) is 19.2. The maximum atomic E-state index is 14.4. The van der Waals surface area contributed by atoms with Gasteiger partial charge >= 0.3 is 5.97 Å². The van der Waals surface area contributed by atoms with Gasteiger partial charge in [-0.25, -0.2) is 17.6 Å². The maximum Gasteiger partial charge on any atom is 0.338 e. The van der Waals surface area contributed by atoms with Gasteiger partial charge < -0.3 is 10.0 Å². The third-order valence-electron chi connectivity index (χ3n) is 8.10. The first kappa shape index (κ1) is 28.3. The Morgan fingerprint density at radius 3 is 2.45 bits per heavy atom. The number of hydrogen-bond acceptors (Lipinski definition) is 5. The highest BCUT2D eigenvalue weighted by Crippen LogP contribution is 2.42. The van der Waals surface area contributed by atoms with Crippen molar-refractivity contribution in [3.63, 3.8) is 0 Å². The number of unbranched alkanes of at least 4 members (excludes halogenated alkanes) is 1. The summed E-state index contributed by atoms with van der Waals surface area (Å²) >= 11 is 0. The van der Waals surface area contributed by atoms with Crippen LogP contribution in [0.5, 0.6) is 0 Å². The number of carboxylic acids is 1. The average Bonchev–Trinajstić information content (AvgIpc) is 3.44. The van der Waals surface area contributed by atoms with E-state index >= 15 is 0 Å². The standard InChI is InChI=1S/C31H36FN3O4S/c1-3-4-10-25-21-35(24-11-6-5-7-12-24)29-18-23(20-34-15-8-9-16-34)26(19-30(29)40(38,39)33(25)2)22-13-14-28(32)27(17-22)31(36)37/h5-7,11-14,17-19,25H,3-4,8-10,15-16,20-21H2,1-2H3,(H,36,37). The summed E-state index contributed by atoms with van der Waals surface area (Å²) in [5.74, 6) is -2.19. The lowest BCUT2D eigenvalue weighted by molar-refractivity contribution is 0.0692. The highest BCUT2D eigenvalue weighted by atomic mass is 32.2. The van der Waals surface area contributed by atoms with Gasteiger partial charge in [0.15, 0.2) is 0 Å². The third-order valence-corrected chi connectivity index (χ3v) is 10.0. The Hall–Kier alpha value is -3.27. The van der Waals surface area contributed by atoms with Crippen LogP contribution in [0.2, 0.25) is 0 Å². The van der Waals surface area contributed by atoms with Crippen LogP contribution in [0.25, 0.3) is 11.1 Å². The van der Waals surface area contributed by atoms with Gasteiger partial charge in [-0.3, -0.25) is 4.90 Å². The Labute approximate surface area is 235 Å². The molecule has 0 bridgehead atoms. The van der Waals surface area contributed by atoms with Crippen LogP contribution in [-0.2, 0) is 16.6 Å². The van der Waals surface area contributed by atoms with Crippen molar-refractivity contribution in [2.75, 3.05) is 31.6 Å². The number of anilines is 2. The highest BCUT2D eigenvalue weighted by Gasteiger charge is 2.37. The molecule has 5 rings (SSSR count). The van der Waals surface area contributed by atoms with Crippen LogP contribution >= 0.6 is 0 Å². The molecule has 0 radical (unpaired) electrons. The Bertz CT molecular complexity index is 1490. The Morgan fingerprint density at radius 1 is 1.05 bits per heavy atom. The number of sulfonamides is 1. The molecule has 40 heavy (non-hydrogen) atoms. The quantitative estimate of drug-likeness (QED) is 0.355. The average molecular weight is 566 g/mol. The largest absolute Gasteiger partial charge is 0.478 e. The molecule has 3 aromatic carbocycles. The van der Waals surface area contributed by atoms with Gasteiger partial charge in [0, 0.05) is 31.9 Å². The smallest absolute Gasteiger partial charge is 0.338 e. The van der Waals surface area contributed by atoms with Crippen molar-refractivity contribution in [2.24, 2.45) is 0 Å². The van der Waals surface area contributed by atoms with E-state index in [1.807, 2.05) is 36.4 Å². The molecule has 0 aliphatic carbocycles. The number of benzene rings is 3. The summed E-state index contributed by atoms with van der Waals surface area (Å²) in [5, 5.41) is 9.59. The number of aromatic carboxylic acids is 1. The van der Waals surface area contributed by atoms with Crippen LogP contribution in [0.15, 0.2) is 65.6 Å². The van der Waals surface area contributed by atoms with E-state index in [0.717, 1.165) is 62.5 Å². The van der Waals surface area contributed by atoms with Crippen molar-refractivity contribution in [3.8, 4) is 11.1 Å². The number of nitrogens with zero attached hydrogens (tertiary/aromatic N) is 3. The maximum absolute atomic E-state index is 14.4. The van der Waals surface area contributed by atoms with Crippen molar-refractivity contribution >= 4 is 27.4 Å². The molecule has 2 aliphatic heterocycles. The van der Waals surface area contributed by atoms with Crippen molar-refractivity contribution in [2.45, 2.75) is 56.5 Å². The van der Waals surface area contributed by atoms with Crippen molar-refractivity contribution in [1.82, 2.24) is 9.21 Å². The topological polar surface area (TPSA) is 81.2 Å². The minimum absolute atomic E-state index is 0.166. The second-order valence-electron chi connectivity index (χ2n) is 10.7. The van der Waals surface area contributed by atoms with Crippen LogP contribution in [0.3, 0.4) is 0 Å². The SMILES string of the molecule is CCCCC1CN(c2ccccc2)c2cc(CN3CCCC3)c(-c3ccc(F)c(C(=O)O)c3)cc2S(=O)(=O)N1C. The number of fused-ring (bicyclic) bond motifs is 1. The number of likely N-dealkylation sites (N-methyl/N-ethyl adjacent to an activating group) is 1. The molecule has 0 amide bonds. The zero-order valence-corrected chi connectivity index (χ0v) is 23.8. The fraction of sp³-hybridized carbons (Fsp3) is 0.387. The van der Waals surface area contributed by atoms with Gasteiger partial charge in [0.1, 0.15) is 10.7 Å². The van der Waals surface area contributed by atoms with E-state index in [1.54, 1.807) is 13.1 Å². The Morgan fingerprint density at radius 2 is 1.77 bits per heavy atom. The minimum atomic E-state index is -3.90. The summed E-state index contributed by atoms with van der Waals surface area (Å²) in [4.78, 5) is 16.3. The van der Waals surface area contributed by atoms with Gasteiger partial charge in [-0.15, -0.1) is 0 Å². The third kappa shape index (κ3) is 5.50. The molecule has 3 aromatic rings. The highest BCUT2D eigenvalue weighted by molar-refractivity contribution is 7.89. The van der Waals surface area contributed by atoms with E-state index in [2.05, 4.69) is 16.7 Å². The molecule has 0 aromatic heterocycles. The summed E-state index contributed by atoms with van der Waals surface area (Å²) in [6.45, 7) is 5.06. The predicted molar refractivity (Wildman–Crippen MR) is 155 cm³/mol. The molecule has 1 fully saturated rings. The molecule has 9 heteroatoms. The summed E-state index contributed by atoms with van der Waals surface area (Å²) in [6.07, 6.45) is 4.78. The molecule has 2 aliphatic rings. The number of carbonyl (C=O) groups is 1. The van der Waals surface area contributed by atoms with Gasteiger partial charge in [0.2, 0.25) is 10.0 Å². The van der Waals surface area contributed by atoms with E-state index < -0.39 is 27.4 Å². The summed E-state index contributed by atoms with van der Waals surface area (Å²) in [7, 11) is -2.25. The molecule has 7 nitrogen and oxygen atoms in total. The van der Waals surface area contributed by atoms with Crippen LogP contribution in [0.4, 0.5) is 15.8 Å². The van der Waals surface area contributed by atoms with Gasteiger partial charge in [-0.1, -0.05) is 44.0 Å². The second-order valence-corrected chi connectivity index (χ2v) is 12.7. The monoisotopic (exact) mass is 565 g/mol. The predicted octanol–water partition coefficient (Wildman–Crippen LogP) is 6.12. The minimum Gasteiger partial charge on any atom is -0.478 e. The number of hydrogen-bond donors (Lipinski definition) is 1. The number of likely N-dealkylation sites (tertiary alicyclic amines) is 1. The van der Waals surface area contributed by atoms with Gasteiger partial charge in [-0.2, -0.15) is 4.31 Å². The first-order valence-corrected chi connectivity index (χ1v) is 15.4. The normalized spacial score (nSPS) is 19.4. The summed E-state index contributed by atoms with van der Waals surface area (Å²) in [5.41, 5.74) is 3.04. The van der Waals surface area contributed by atoms with E-state index in [1.165, 1.54) is 16.4 Å². The number of halogens is 1. The van der Waals surface area contributed by atoms with Gasteiger partial charge in [-0.05, 0) is 85.4 Å². The molecule has 1 unspecified atom stereocenters. The molecule has 1 N–H and O–H groups in total. The number of carboxylic acid groups (broad SMARTS) is 1. The summed E-state index contributed by atoms with van der Waals surface area (Å²) < 4.78 is 44.2. The van der Waals surface area contributed by atoms with Crippen LogP contribution in [0, 0.1) is 5.82 Å². The molecular formula is C31H36FN3O4S. The molecular weight excluding hydrogens is 529 g/mol. The number of rotatable bonds is 8. The molecule has 0 spiro atoms. The first-order valence-electron chi connectivity index (χ1n) is 13.9. The van der Waals surface area contributed by atoms with E-state index in [-0.39, 0.29) is 10.9 Å². The van der Waals surface area contributed by atoms with Crippen LogP contribution < -0.4 is 4.90 Å². The van der Waals surface area contributed by atoms with Crippen molar-refractivity contribution in [3.05, 3.63) is 77.6 Å². The lowest BCUT2D eigenvalue weighted by Gasteiger charge is -2.30.